The third-order valence-electron chi connectivity index (χ3n) is 2.89. The first-order chi connectivity index (χ1) is 8.63. The van der Waals surface area contributed by atoms with E-state index in [-0.39, 0.29) is 6.54 Å². The lowest BCUT2D eigenvalue weighted by atomic mass is 10.3. The minimum Gasteiger partial charge on any atom is -0.478 e. The van der Waals surface area contributed by atoms with Crippen molar-refractivity contribution in [3.63, 3.8) is 0 Å². The van der Waals surface area contributed by atoms with Crippen LogP contribution in [0.4, 0.5) is 0 Å². The van der Waals surface area contributed by atoms with Crippen LogP contribution in [0.5, 0.6) is 0 Å². The molecule has 0 amide bonds. The summed E-state index contributed by atoms with van der Waals surface area (Å²) in [7, 11) is 0. The van der Waals surface area contributed by atoms with Crippen molar-refractivity contribution in [2.75, 3.05) is 0 Å². The topological polar surface area (TPSA) is 69.9 Å². The Bertz CT molecular complexity index is 458. The number of carbonyl (C=O) groups is 1. The van der Waals surface area contributed by atoms with Gasteiger partial charge in [0.1, 0.15) is 18.4 Å². The standard InChI is InChI=1S/C13H19N3O2/c1-3-6-12-15(8-5-7-14)9-11(4-2)16(12)10-13(17)18/h9H,3-6,8,10H2,1-2H3/p+1. The molecule has 1 aromatic heterocycles. The van der Waals surface area contributed by atoms with E-state index in [1.54, 1.807) is 0 Å². The molecule has 1 heterocycles. The summed E-state index contributed by atoms with van der Waals surface area (Å²) in [5, 5.41) is 17.6. The fraction of sp³-hybridized carbons (Fsp3) is 0.615. The van der Waals surface area contributed by atoms with Gasteiger partial charge in [0.05, 0.1) is 12.5 Å². The van der Waals surface area contributed by atoms with E-state index >= 15 is 0 Å². The average molecular weight is 250 g/mol. The van der Waals surface area contributed by atoms with Crippen LogP contribution in [0, 0.1) is 11.3 Å². The molecule has 0 unspecified atom stereocenters. The molecule has 1 rings (SSSR count). The Morgan fingerprint density at radius 2 is 2.28 bits per heavy atom. The zero-order chi connectivity index (χ0) is 13.5. The second-order valence-electron chi connectivity index (χ2n) is 4.22. The molecule has 0 aromatic carbocycles. The second kappa shape index (κ2) is 6.80. The van der Waals surface area contributed by atoms with Crippen LogP contribution in [0.1, 0.15) is 38.2 Å². The molecule has 1 aromatic rings. The molecule has 5 nitrogen and oxygen atoms in total. The lowest BCUT2D eigenvalue weighted by Crippen LogP contribution is -2.37. The summed E-state index contributed by atoms with van der Waals surface area (Å²) in [6.07, 6.45) is 5.01. The molecule has 0 radical (unpaired) electrons. The van der Waals surface area contributed by atoms with Crippen LogP contribution >= 0.6 is 0 Å². The third kappa shape index (κ3) is 3.33. The molecule has 0 spiro atoms. The van der Waals surface area contributed by atoms with Gasteiger partial charge < -0.3 is 5.11 Å². The molecule has 0 aliphatic heterocycles. The van der Waals surface area contributed by atoms with Crippen molar-refractivity contribution in [2.24, 2.45) is 0 Å². The Morgan fingerprint density at radius 1 is 1.56 bits per heavy atom. The molecular formula is C13H20N3O2+. The van der Waals surface area contributed by atoms with Crippen LogP contribution < -0.4 is 4.57 Å². The molecular weight excluding hydrogens is 230 g/mol. The smallest absolute Gasteiger partial charge is 0.346 e. The van der Waals surface area contributed by atoms with E-state index in [1.807, 2.05) is 22.3 Å². The molecule has 5 heteroatoms. The van der Waals surface area contributed by atoms with E-state index in [9.17, 15) is 4.79 Å². The van der Waals surface area contributed by atoms with E-state index in [0.29, 0.717) is 13.0 Å². The molecule has 98 valence electrons. The number of aliphatic carboxylic acids is 1. The molecule has 1 N–H and O–H groups in total. The van der Waals surface area contributed by atoms with Crippen molar-refractivity contribution in [3.05, 3.63) is 17.7 Å². The predicted octanol–water partition coefficient (Wildman–Crippen LogP) is 1.29. The highest BCUT2D eigenvalue weighted by atomic mass is 16.4. The Morgan fingerprint density at radius 3 is 2.78 bits per heavy atom. The molecule has 18 heavy (non-hydrogen) atoms. The molecule has 0 bridgehead atoms. The number of nitriles is 1. The van der Waals surface area contributed by atoms with Gasteiger partial charge >= 0.3 is 5.97 Å². The highest BCUT2D eigenvalue weighted by Crippen LogP contribution is 2.08. The number of imidazole rings is 1. The summed E-state index contributed by atoms with van der Waals surface area (Å²) >= 11 is 0. The summed E-state index contributed by atoms with van der Waals surface area (Å²) in [6, 6.07) is 2.13. The van der Waals surface area contributed by atoms with Gasteiger partial charge in [0.2, 0.25) is 0 Å². The molecule has 0 saturated heterocycles. The van der Waals surface area contributed by atoms with Gasteiger partial charge in [-0.05, 0) is 6.42 Å². The number of aryl methyl sites for hydroxylation is 2. The van der Waals surface area contributed by atoms with Gasteiger partial charge in [0.25, 0.3) is 5.82 Å². The van der Waals surface area contributed by atoms with E-state index in [1.165, 1.54) is 0 Å². The molecule has 0 aliphatic rings. The summed E-state index contributed by atoms with van der Waals surface area (Å²) in [5.41, 5.74) is 1.01. The van der Waals surface area contributed by atoms with Gasteiger partial charge in [0.15, 0.2) is 6.54 Å². The number of carboxylic acids is 1. The van der Waals surface area contributed by atoms with Crippen molar-refractivity contribution in [1.82, 2.24) is 4.57 Å². The van der Waals surface area contributed by atoms with Gasteiger partial charge in [-0.1, -0.05) is 13.8 Å². The predicted molar refractivity (Wildman–Crippen MR) is 65.9 cm³/mol. The summed E-state index contributed by atoms with van der Waals surface area (Å²) in [4.78, 5) is 10.9. The Kier molecular flexibility index (Phi) is 5.37. The monoisotopic (exact) mass is 250 g/mol. The number of rotatable bonds is 7. The lowest BCUT2D eigenvalue weighted by molar-refractivity contribution is -0.703. The van der Waals surface area contributed by atoms with Crippen molar-refractivity contribution in [2.45, 2.75) is 52.6 Å². The van der Waals surface area contributed by atoms with Crippen LogP contribution in [-0.2, 0) is 30.7 Å². The lowest BCUT2D eigenvalue weighted by Gasteiger charge is -2.02. The largest absolute Gasteiger partial charge is 0.478 e. The number of carboxylic acid groups (broad SMARTS) is 1. The Labute approximate surface area is 107 Å². The summed E-state index contributed by atoms with van der Waals surface area (Å²) in [6.45, 7) is 4.71. The maximum Gasteiger partial charge on any atom is 0.346 e. The first-order valence-electron chi connectivity index (χ1n) is 6.33. The zero-order valence-corrected chi connectivity index (χ0v) is 11.0. The van der Waals surface area contributed by atoms with E-state index in [2.05, 4.69) is 13.0 Å². The minimum atomic E-state index is -0.829. The van der Waals surface area contributed by atoms with Crippen molar-refractivity contribution >= 4 is 5.97 Å². The average Bonchev–Trinajstić information content (AvgIpc) is 2.65. The third-order valence-corrected chi connectivity index (χ3v) is 2.89. The Balaban J connectivity index is 3.13. The Hall–Kier alpha value is -1.83. The molecule has 0 aliphatic carbocycles. The number of hydrogen-bond acceptors (Lipinski definition) is 2. The first-order valence-corrected chi connectivity index (χ1v) is 6.33. The van der Waals surface area contributed by atoms with Crippen molar-refractivity contribution in [3.8, 4) is 6.07 Å². The zero-order valence-electron chi connectivity index (χ0n) is 11.0. The van der Waals surface area contributed by atoms with Crippen LogP contribution in [-0.4, -0.2) is 15.6 Å². The van der Waals surface area contributed by atoms with Gasteiger partial charge in [-0.25, -0.2) is 13.9 Å². The van der Waals surface area contributed by atoms with Crippen LogP contribution in [0.2, 0.25) is 0 Å². The summed E-state index contributed by atoms with van der Waals surface area (Å²) in [5.74, 6) is 0.178. The normalized spacial score (nSPS) is 10.3. The van der Waals surface area contributed by atoms with E-state index in [4.69, 9.17) is 10.4 Å². The maximum atomic E-state index is 10.9. The second-order valence-corrected chi connectivity index (χ2v) is 4.22. The van der Waals surface area contributed by atoms with Gasteiger partial charge in [0, 0.05) is 12.8 Å². The maximum absolute atomic E-state index is 10.9. The fourth-order valence-corrected chi connectivity index (χ4v) is 2.12. The van der Waals surface area contributed by atoms with Gasteiger partial charge in [-0.3, -0.25) is 0 Å². The SMILES string of the molecule is CCCc1n(CC(=O)O)c(CC)c[n+]1CCC#N. The molecule has 0 atom stereocenters. The first kappa shape index (κ1) is 14.2. The van der Waals surface area contributed by atoms with E-state index < -0.39 is 5.97 Å². The van der Waals surface area contributed by atoms with Crippen LogP contribution in [0.3, 0.4) is 0 Å². The summed E-state index contributed by atoms with van der Waals surface area (Å²) < 4.78 is 3.89. The van der Waals surface area contributed by atoms with E-state index in [0.717, 1.165) is 30.8 Å². The van der Waals surface area contributed by atoms with Crippen molar-refractivity contribution in [1.29, 1.82) is 5.26 Å². The molecule has 0 saturated carbocycles. The molecule has 0 fully saturated rings. The van der Waals surface area contributed by atoms with Crippen LogP contribution in [0.15, 0.2) is 6.20 Å². The number of aromatic nitrogens is 2. The van der Waals surface area contributed by atoms with Crippen molar-refractivity contribution < 1.29 is 14.5 Å². The van der Waals surface area contributed by atoms with Gasteiger partial charge in [-0.15, -0.1) is 0 Å². The number of nitrogens with zero attached hydrogens (tertiary/aromatic N) is 3. The number of hydrogen-bond donors (Lipinski definition) is 1. The quantitative estimate of drug-likeness (QED) is 0.741. The minimum absolute atomic E-state index is 0.00192. The van der Waals surface area contributed by atoms with Gasteiger partial charge in [-0.2, -0.15) is 5.26 Å². The van der Waals surface area contributed by atoms with Crippen LogP contribution in [0.25, 0.3) is 0 Å². The fourth-order valence-electron chi connectivity index (χ4n) is 2.12. The highest BCUT2D eigenvalue weighted by molar-refractivity contribution is 5.66. The highest BCUT2D eigenvalue weighted by Gasteiger charge is 2.23.